The summed E-state index contributed by atoms with van der Waals surface area (Å²) < 4.78 is 0. The van der Waals surface area contributed by atoms with Gasteiger partial charge in [-0.15, -0.1) is 0 Å². The second kappa shape index (κ2) is 9.95. The number of fused-ring (bicyclic) bond motifs is 1. The van der Waals surface area contributed by atoms with Crippen LogP contribution in [0.4, 0.5) is 0 Å². The average Bonchev–Trinajstić information content (AvgIpc) is 3.41. The van der Waals surface area contributed by atoms with Gasteiger partial charge in [-0.25, -0.2) is 0 Å². The Morgan fingerprint density at radius 2 is 1.97 bits per heavy atom. The molecule has 1 unspecified atom stereocenters. The Bertz CT molecular complexity index is 1180. The summed E-state index contributed by atoms with van der Waals surface area (Å²) in [6, 6.07) is 9.04. The SMILES string of the molecule is O=C1CCC(N2Cc3cc(-c4cc(CNCCCN5CCCC5=O)ccn4)ccc3C2=O)C(=O)N1. The molecular formula is C26H29N5O4. The Kier molecular flexibility index (Phi) is 6.59. The third-order valence-corrected chi connectivity index (χ3v) is 6.93. The lowest BCUT2D eigenvalue weighted by molar-refractivity contribution is -0.137. The number of piperidine rings is 1. The molecule has 5 rings (SSSR count). The highest BCUT2D eigenvalue weighted by molar-refractivity contribution is 6.05. The number of benzene rings is 1. The zero-order chi connectivity index (χ0) is 24.4. The second-order valence-electron chi connectivity index (χ2n) is 9.34. The molecule has 1 aromatic heterocycles. The number of hydrogen-bond donors (Lipinski definition) is 2. The van der Waals surface area contributed by atoms with Gasteiger partial charge in [0.1, 0.15) is 6.04 Å². The molecular weight excluding hydrogens is 446 g/mol. The van der Waals surface area contributed by atoms with Gasteiger partial charge in [-0.1, -0.05) is 6.07 Å². The van der Waals surface area contributed by atoms with Crippen molar-refractivity contribution in [2.45, 2.75) is 51.2 Å². The lowest BCUT2D eigenvalue weighted by Gasteiger charge is -2.29. The monoisotopic (exact) mass is 475 g/mol. The molecule has 0 aliphatic carbocycles. The number of pyridine rings is 1. The molecule has 4 amide bonds. The maximum Gasteiger partial charge on any atom is 0.255 e. The van der Waals surface area contributed by atoms with Crippen molar-refractivity contribution in [3.05, 3.63) is 53.2 Å². The van der Waals surface area contributed by atoms with Gasteiger partial charge in [0.15, 0.2) is 0 Å². The average molecular weight is 476 g/mol. The van der Waals surface area contributed by atoms with Crippen LogP contribution in [0.1, 0.15) is 53.6 Å². The van der Waals surface area contributed by atoms with Crippen molar-refractivity contribution in [2.75, 3.05) is 19.6 Å². The number of aromatic nitrogens is 1. The normalized spacial score (nSPS) is 19.9. The molecule has 1 atom stereocenters. The Morgan fingerprint density at radius 1 is 1.09 bits per heavy atom. The quantitative estimate of drug-likeness (QED) is 0.443. The minimum absolute atomic E-state index is 0.178. The lowest BCUT2D eigenvalue weighted by atomic mass is 10.0. The van der Waals surface area contributed by atoms with E-state index in [2.05, 4.69) is 15.6 Å². The van der Waals surface area contributed by atoms with Crippen LogP contribution in [0.15, 0.2) is 36.5 Å². The number of rotatable bonds is 8. The highest BCUT2D eigenvalue weighted by atomic mass is 16.2. The predicted octanol–water partition coefficient (Wildman–Crippen LogP) is 1.61. The van der Waals surface area contributed by atoms with Crippen LogP contribution >= 0.6 is 0 Å². The molecule has 182 valence electrons. The van der Waals surface area contributed by atoms with Crippen molar-refractivity contribution in [3.8, 4) is 11.3 Å². The topological polar surface area (TPSA) is 112 Å². The van der Waals surface area contributed by atoms with Crippen LogP contribution in [0.5, 0.6) is 0 Å². The molecule has 4 heterocycles. The predicted molar refractivity (Wildman–Crippen MR) is 128 cm³/mol. The first-order chi connectivity index (χ1) is 17.0. The van der Waals surface area contributed by atoms with Crippen LogP contribution in [0.25, 0.3) is 11.3 Å². The maximum atomic E-state index is 12.9. The fourth-order valence-electron chi connectivity index (χ4n) is 5.04. The van der Waals surface area contributed by atoms with Crippen molar-refractivity contribution in [3.63, 3.8) is 0 Å². The molecule has 3 aliphatic heterocycles. The lowest BCUT2D eigenvalue weighted by Crippen LogP contribution is -2.52. The van der Waals surface area contributed by atoms with E-state index in [1.807, 2.05) is 29.2 Å². The van der Waals surface area contributed by atoms with Crippen molar-refractivity contribution < 1.29 is 19.2 Å². The number of nitrogens with one attached hydrogen (secondary N) is 2. The van der Waals surface area contributed by atoms with E-state index in [-0.39, 0.29) is 24.1 Å². The molecule has 0 spiro atoms. The van der Waals surface area contributed by atoms with Gasteiger partial charge >= 0.3 is 0 Å². The first kappa shape index (κ1) is 23.2. The summed E-state index contributed by atoms with van der Waals surface area (Å²) in [7, 11) is 0. The largest absolute Gasteiger partial charge is 0.343 e. The Morgan fingerprint density at radius 3 is 2.77 bits per heavy atom. The zero-order valence-electron chi connectivity index (χ0n) is 19.6. The summed E-state index contributed by atoms with van der Waals surface area (Å²) in [4.78, 5) is 56.3. The third-order valence-electron chi connectivity index (χ3n) is 6.93. The minimum Gasteiger partial charge on any atom is -0.343 e. The fourth-order valence-corrected chi connectivity index (χ4v) is 5.04. The number of hydrogen-bond acceptors (Lipinski definition) is 6. The first-order valence-electron chi connectivity index (χ1n) is 12.2. The number of nitrogens with zero attached hydrogens (tertiary/aromatic N) is 3. The minimum atomic E-state index is -0.618. The van der Waals surface area contributed by atoms with Gasteiger partial charge < -0.3 is 15.1 Å². The third kappa shape index (κ3) is 4.95. The summed E-state index contributed by atoms with van der Waals surface area (Å²) in [6.45, 7) is 3.56. The summed E-state index contributed by atoms with van der Waals surface area (Å²) in [5.41, 5.74) is 4.29. The van der Waals surface area contributed by atoms with E-state index in [9.17, 15) is 19.2 Å². The molecule has 3 aliphatic rings. The van der Waals surface area contributed by atoms with Gasteiger partial charge in [0.2, 0.25) is 17.7 Å². The molecule has 2 fully saturated rings. The molecule has 0 saturated carbocycles. The first-order valence-corrected chi connectivity index (χ1v) is 12.2. The van der Waals surface area contributed by atoms with Crippen LogP contribution in [0.3, 0.4) is 0 Å². The number of carbonyl (C=O) groups excluding carboxylic acids is 4. The highest BCUT2D eigenvalue weighted by Crippen LogP contribution is 2.30. The fraction of sp³-hybridized carbons (Fsp3) is 0.423. The van der Waals surface area contributed by atoms with Gasteiger partial charge in [-0.05, 0) is 61.2 Å². The summed E-state index contributed by atoms with van der Waals surface area (Å²) in [6.07, 6.45) is 4.94. The van der Waals surface area contributed by atoms with E-state index in [0.29, 0.717) is 31.5 Å². The smallest absolute Gasteiger partial charge is 0.255 e. The summed E-state index contributed by atoms with van der Waals surface area (Å²) >= 11 is 0. The zero-order valence-corrected chi connectivity index (χ0v) is 19.6. The van der Waals surface area contributed by atoms with E-state index in [1.165, 1.54) is 0 Å². The van der Waals surface area contributed by atoms with Gasteiger partial charge in [-0.3, -0.25) is 29.5 Å². The Balaban J connectivity index is 1.20. The maximum absolute atomic E-state index is 12.9. The number of likely N-dealkylation sites (tertiary alicyclic amines) is 1. The molecule has 2 N–H and O–H groups in total. The van der Waals surface area contributed by atoms with Crippen LogP contribution in [0, 0.1) is 0 Å². The Labute approximate surface area is 203 Å². The van der Waals surface area contributed by atoms with Crippen molar-refractivity contribution in [1.29, 1.82) is 0 Å². The molecule has 0 bridgehead atoms. The molecule has 35 heavy (non-hydrogen) atoms. The van der Waals surface area contributed by atoms with Gasteiger partial charge in [-0.2, -0.15) is 0 Å². The van der Waals surface area contributed by atoms with Crippen LogP contribution < -0.4 is 10.6 Å². The molecule has 1 aromatic carbocycles. The van der Waals surface area contributed by atoms with Crippen molar-refractivity contribution in [2.24, 2.45) is 0 Å². The summed E-state index contributed by atoms with van der Waals surface area (Å²) in [5.74, 6) is -0.612. The highest BCUT2D eigenvalue weighted by Gasteiger charge is 2.39. The van der Waals surface area contributed by atoms with Crippen molar-refractivity contribution >= 4 is 23.6 Å². The van der Waals surface area contributed by atoms with Crippen LogP contribution in [-0.4, -0.2) is 64.1 Å². The van der Waals surface area contributed by atoms with E-state index in [4.69, 9.17) is 0 Å². The summed E-state index contributed by atoms with van der Waals surface area (Å²) in [5, 5.41) is 5.77. The van der Waals surface area contributed by atoms with E-state index >= 15 is 0 Å². The van der Waals surface area contributed by atoms with E-state index < -0.39 is 11.9 Å². The van der Waals surface area contributed by atoms with Gasteiger partial charge in [0, 0.05) is 56.3 Å². The Hall–Kier alpha value is -3.59. The molecule has 2 aromatic rings. The molecule has 0 radical (unpaired) electrons. The standard InChI is InChI=1S/C26H29N5O4/c32-23-7-6-22(25(34)29-23)31-16-19-14-18(4-5-20(19)26(31)35)21-13-17(8-10-28-21)15-27-9-2-12-30-11-1-3-24(30)33/h4-5,8,10,13-14,22,27H,1-3,6-7,9,11-12,15-16H2,(H,29,32,34). The molecule has 9 nitrogen and oxygen atoms in total. The molecule has 9 heteroatoms. The van der Waals surface area contributed by atoms with Crippen LogP contribution in [-0.2, 0) is 27.5 Å². The number of amides is 4. The second-order valence-corrected chi connectivity index (χ2v) is 9.34. The number of carbonyl (C=O) groups is 4. The molecule has 2 saturated heterocycles. The number of imide groups is 1. The van der Waals surface area contributed by atoms with Gasteiger partial charge in [0.25, 0.3) is 5.91 Å². The van der Waals surface area contributed by atoms with E-state index in [0.717, 1.165) is 54.9 Å². The van der Waals surface area contributed by atoms with Gasteiger partial charge in [0.05, 0.1) is 5.69 Å². The van der Waals surface area contributed by atoms with Crippen molar-refractivity contribution in [1.82, 2.24) is 25.4 Å². The van der Waals surface area contributed by atoms with Crippen LogP contribution in [0.2, 0.25) is 0 Å². The van der Waals surface area contributed by atoms with E-state index in [1.54, 1.807) is 17.2 Å².